The first-order chi connectivity index (χ1) is 26.4. The number of alkyl carbamates (subject to hydrolysis) is 1. The van der Waals surface area contributed by atoms with Crippen molar-refractivity contribution in [2.45, 2.75) is 87.4 Å². The average Bonchev–Trinajstić information content (AvgIpc) is 3.13. The van der Waals surface area contributed by atoms with E-state index in [1.807, 2.05) is 0 Å². The van der Waals surface area contributed by atoms with E-state index >= 15 is 0 Å². The van der Waals surface area contributed by atoms with Gasteiger partial charge in [-0.3, -0.25) is 23.7 Å². The third-order valence-corrected chi connectivity index (χ3v) is 8.81. The molecule has 0 saturated carbocycles. The molecule has 6 atom stereocenters. The van der Waals surface area contributed by atoms with Crippen molar-refractivity contribution in [3.05, 3.63) is 71.8 Å². The quantitative estimate of drug-likeness (QED) is 0.0890. The van der Waals surface area contributed by atoms with E-state index < -0.39 is 104 Å². The highest BCUT2D eigenvalue weighted by Crippen LogP contribution is 2.50. The van der Waals surface area contributed by atoms with E-state index in [0.29, 0.717) is 11.1 Å². The molecule has 0 aliphatic carbocycles. The minimum atomic E-state index is -2.64. The summed E-state index contributed by atoms with van der Waals surface area (Å²) in [6, 6.07) is 16.1. The van der Waals surface area contributed by atoms with Crippen LogP contribution in [0.2, 0.25) is 0 Å². The molecule has 0 unspecified atom stereocenters. The minimum Gasteiger partial charge on any atom is -0.465 e. The Balaban J connectivity index is 2.21. The number of carbonyl (C=O) groups excluding carboxylic acids is 6. The van der Waals surface area contributed by atoms with Crippen LogP contribution in [0.15, 0.2) is 60.7 Å². The van der Waals surface area contributed by atoms with E-state index in [1.165, 1.54) is 0 Å². The molecule has 0 aromatic heterocycles. The van der Waals surface area contributed by atoms with Gasteiger partial charge in [0.2, 0.25) is 3.79 Å². The highest BCUT2D eigenvalue weighted by molar-refractivity contribution is 7.41. The lowest BCUT2D eigenvalue weighted by atomic mass is 9.88. The van der Waals surface area contributed by atoms with Gasteiger partial charge in [-0.2, -0.15) is 0 Å². The van der Waals surface area contributed by atoms with Gasteiger partial charge in [-0.05, 0) is 11.1 Å². The summed E-state index contributed by atoms with van der Waals surface area (Å²) in [6.07, 6.45) is -9.02. The first-order valence-corrected chi connectivity index (χ1v) is 18.9. The normalized spacial score (nSPS) is 20.5. The number of hydrogen-bond donors (Lipinski definition) is 1. The van der Waals surface area contributed by atoms with Crippen LogP contribution in [-0.4, -0.2) is 96.3 Å². The second kappa shape index (κ2) is 22.2. The number of rotatable bonds is 18. The van der Waals surface area contributed by atoms with Gasteiger partial charge in [0.1, 0.15) is 25.4 Å². The summed E-state index contributed by atoms with van der Waals surface area (Å²) in [5, 5.41) is 2.42. The van der Waals surface area contributed by atoms with Gasteiger partial charge < -0.3 is 47.5 Å². The number of halogens is 3. The number of methoxy groups -OCH3 is 1. The van der Waals surface area contributed by atoms with Gasteiger partial charge in [0.05, 0.1) is 32.8 Å². The Labute approximate surface area is 338 Å². The van der Waals surface area contributed by atoms with Gasteiger partial charge in [-0.15, -0.1) is 0 Å². The number of nitrogens with one attached hydrogen (secondary N) is 1. The maximum atomic E-state index is 14.0. The minimum absolute atomic E-state index is 0.0817. The SMILES string of the molecule is COC(=O)[C@@]1(OP(OCc2ccccc2)OCc2ccccc2)C[C@H](OC(C)=O)[C@@H](NC(=O)OCC(Cl)(Cl)Cl)[C@H]([C@H](OC(C)=O)[C@@H](COC(C)=O)OC(C)=O)O1. The van der Waals surface area contributed by atoms with Crippen LogP contribution in [0.25, 0.3) is 0 Å². The second-order valence-corrected chi connectivity index (χ2v) is 15.6. The van der Waals surface area contributed by atoms with Crippen LogP contribution in [0.5, 0.6) is 0 Å². The highest BCUT2D eigenvalue weighted by Gasteiger charge is 2.61. The van der Waals surface area contributed by atoms with Gasteiger partial charge in [-0.25, -0.2) is 9.59 Å². The van der Waals surface area contributed by atoms with E-state index in [1.54, 1.807) is 60.7 Å². The molecule has 0 radical (unpaired) electrons. The Kier molecular flexibility index (Phi) is 18.5. The van der Waals surface area contributed by atoms with Crippen molar-refractivity contribution >= 4 is 79.3 Å². The zero-order chi connectivity index (χ0) is 41.5. The zero-order valence-corrected chi connectivity index (χ0v) is 34.0. The van der Waals surface area contributed by atoms with Gasteiger partial charge in [0.15, 0.2) is 12.2 Å². The maximum Gasteiger partial charge on any atom is 0.407 e. The Morgan fingerprint density at radius 1 is 0.821 bits per heavy atom. The van der Waals surface area contributed by atoms with Crippen molar-refractivity contribution < 1.29 is 75.5 Å². The molecule has 1 aliphatic rings. The largest absolute Gasteiger partial charge is 0.465 e. The maximum absolute atomic E-state index is 14.0. The fourth-order valence-electron chi connectivity index (χ4n) is 5.20. The fourth-order valence-corrected chi connectivity index (χ4v) is 6.48. The number of carbonyl (C=O) groups is 6. The van der Waals surface area contributed by atoms with Gasteiger partial charge in [0, 0.05) is 27.7 Å². The van der Waals surface area contributed by atoms with E-state index in [-0.39, 0.29) is 13.2 Å². The molecule has 308 valence electrons. The smallest absolute Gasteiger partial charge is 0.407 e. The third kappa shape index (κ3) is 15.6. The molecule has 0 spiro atoms. The zero-order valence-electron chi connectivity index (χ0n) is 30.8. The Morgan fingerprint density at radius 2 is 1.38 bits per heavy atom. The summed E-state index contributed by atoms with van der Waals surface area (Å²) >= 11 is 17.3. The summed E-state index contributed by atoms with van der Waals surface area (Å²) < 4.78 is 54.6. The number of alkyl halides is 3. The number of amides is 1. The van der Waals surface area contributed by atoms with Crippen LogP contribution in [0.3, 0.4) is 0 Å². The van der Waals surface area contributed by atoms with Crippen molar-refractivity contribution in [1.29, 1.82) is 0 Å². The molecular formula is C35H41Cl3NO16P. The molecule has 1 fully saturated rings. The van der Waals surface area contributed by atoms with Crippen LogP contribution in [0.1, 0.15) is 45.2 Å². The number of hydrogen-bond acceptors (Lipinski definition) is 16. The molecule has 2 aromatic carbocycles. The van der Waals surface area contributed by atoms with E-state index in [0.717, 1.165) is 34.8 Å². The van der Waals surface area contributed by atoms with Gasteiger partial charge in [-0.1, -0.05) is 95.5 Å². The molecule has 1 N–H and O–H groups in total. The summed E-state index contributed by atoms with van der Waals surface area (Å²) in [5.74, 6) is -7.52. The molecule has 56 heavy (non-hydrogen) atoms. The summed E-state index contributed by atoms with van der Waals surface area (Å²) in [4.78, 5) is 76.7. The van der Waals surface area contributed by atoms with Crippen LogP contribution in [0.4, 0.5) is 4.79 Å². The third-order valence-electron chi connectivity index (χ3n) is 7.36. The van der Waals surface area contributed by atoms with E-state index in [4.69, 9.17) is 81.5 Å². The van der Waals surface area contributed by atoms with Crippen LogP contribution >= 0.6 is 43.4 Å². The van der Waals surface area contributed by atoms with Crippen LogP contribution in [0, 0.1) is 0 Å². The van der Waals surface area contributed by atoms with E-state index in [9.17, 15) is 28.8 Å². The first-order valence-electron chi connectivity index (χ1n) is 16.7. The highest BCUT2D eigenvalue weighted by atomic mass is 35.6. The Hall–Kier alpha value is -3.80. The van der Waals surface area contributed by atoms with Crippen molar-refractivity contribution in [2.75, 3.05) is 20.3 Å². The van der Waals surface area contributed by atoms with Crippen molar-refractivity contribution in [3.8, 4) is 0 Å². The first kappa shape index (κ1) is 46.6. The number of ether oxygens (including phenoxy) is 7. The predicted molar refractivity (Wildman–Crippen MR) is 197 cm³/mol. The van der Waals surface area contributed by atoms with E-state index in [2.05, 4.69) is 5.32 Å². The predicted octanol–water partition coefficient (Wildman–Crippen LogP) is 5.14. The van der Waals surface area contributed by atoms with Crippen LogP contribution in [-0.2, 0) is 83.9 Å². The molecule has 1 saturated heterocycles. The van der Waals surface area contributed by atoms with Crippen molar-refractivity contribution in [1.82, 2.24) is 5.32 Å². The Bertz CT molecular complexity index is 1590. The molecule has 1 amide bonds. The summed E-state index contributed by atoms with van der Waals surface area (Å²) in [5.41, 5.74) is 1.39. The monoisotopic (exact) mass is 867 g/mol. The lowest BCUT2D eigenvalue weighted by Gasteiger charge is -2.48. The molecule has 2 aromatic rings. The Morgan fingerprint density at radius 3 is 1.84 bits per heavy atom. The second-order valence-electron chi connectivity index (χ2n) is 11.9. The van der Waals surface area contributed by atoms with Crippen molar-refractivity contribution in [2.24, 2.45) is 0 Å². The van der Waals surface area contributed by atoms with Gasteiger partial charge in [0.25, 0.3) is 5.79 Å². The van der Waals surface area contributed by atoms with Crippen molar-refractivity contribution in [3.63, 3.8) is 0 Å². The average molecular weight is 869 g/mol. The molecule has 21 heteroatoms. The topological polar surface area (TPSA) is 207 Å². The molecule has 1 aliphatic heterocycles. The molecule has 17 nitrogen and oxygen atoms in total. The molecule has 3 rings (SSSR count). The molecular weight excluding hydrogens is 828 g/mol. The fraction of sp³-hybridized carbons (Fsp3) is 0.486. The number of esters is 5. The number of benzene rings is 2. The van der Waals surface area contributed by atoms with Gasteiger partial charge >= 0.3 is 44.5 Å². The van der Waals surface area contributed by atoms with Crippen LogP contribution < -0.4 is 5.32 Å². The molecule has 1 heterocycles. The lowest BCUT2D eigenvalue weighted by Crippen LogP contribution is -2.69. The standard InChI is InChI=1S/C35H41Cl3NO16P/c1-21(40)47-19-28(52-23(3)42)30(53-24(4)43)31-29(39-33(45)48-20-35(36,37)38)27(51-22(2)41)16-34(54-31,32(44)46-5)55-56(49-17-25-12-8-6-9-13-25)50-18-26-14-10-7-11-15-26/h6-15,27-31H,16-20H2,1-5H3,(H,39,45)/t27-,28+,29+,30+,31+,34-/m0/s1. The molecule has 0 bridgehead atoms. The summed E-state index contributed by atoms with van der Waals surface area (Å²) in [6.45, 7) is 2.46. The lowest BCUT2D eigenvalue weighted by molar-refractivity contribution is -0.291. The summed E-state index contributed by atoms with van der Waals surface area (Å²) in [7, 11) is -1.58.